The van der Waals surface area contributed by atoms with Crippen LogP contribution in [0.1, 0.15) is 63.8 Å². The SMILES string of the molecule is Cc1ccc([C@H](C(=O)NC2CCCCC2)N(Cc2cccs2)C(=O)c2cccs2)cc1. The lowest BCUT2D eigenvalue weighted by Crippen LogP contribution is -2.46. The number of benzene rings is 1. The van der Waals surface area contributed by atoms with Crippen molar-refractivity contribution in [1.29, 1.82) is 0 Å². The minimum atomic E-state index is -0.667. The van der Waals surface area contributed by atoms with E-state index in [9.17, 15) is 9.59 Å². The van der Waals surface area contributed by atoms with Crippen molar-refractivity contribution in [2.75, 3.05) is 0 Å². The van der Waals surface area contributed by atoms with Crippen LogP contribution in [0.5, 0.6) is 0 Å². The molecule has 1 atom stereocenters. The molecular weight excluding hydrogens is 424 g/mol. The summed E-state index contributed by atoms with van der Waals surface area (Å²) in [7, 11) is 0. The van der Waals surface area contributed by atoms with Crippen LogP contribution >= 0.6 is 22.7 Å². The van der Waals surface area contributed by atoms with Gasteiger partial charge in [-0.3, -0.25) is 9.59 Å². The molecule has 0 unspecified atom stereocenters. The van der Waals surface area contributed by atoms with E-state index in [0.29, 0.717) is 11.4 Å². The molecule has 31 heavy (non-hydrogen) atoms. The summed E-state index contributed by atoms with van der Waals surface area (Å²) in [5.41, 5.74) is 1.98. The molecule has 1 aromatic carbocycles. The Balaban J connectivity index is 1.70. The molecule has 0 saturated heterocycles. The zero-order valence-electron chi connectivity index (χ0n) is 17.8. The fraction of sp³-hybridized carbons (Fsp3) is 0.360. The molecule has 4 nitrogen and oxygen atoms in total. The second kappa shape index (κ2) is 10.2. The Morgan fingerprint density at radius 1 is 1.00 bits per heavy atom. The van der Waals surface area contributed by atoms with Crippen LogP contribution < -0.4 is 5.32 Å². The Morgan fingerprint density at radius 3 is 2.35 bits per heavy atom. The van der Waals surface area contributed by atoms with Crippen LogP contribution in [-0.4, -0.2) is 22.8 Å². The minimum Gasteiger partial charge on any atom is -0.351 e. The number of amides is 2. The molecule has 2 aromatic heterocycles. The monoisotopic (exact) mass is 452 g/mol. The van der Waals surface area contributed by atoms with Crippen LogP contribution in [0.2, 0.25) is 0 Å². The highest BCUT2D eigenvalue weighted by Crippen LogP contribution is 2.29. The quantitative estimate of drug-likeness (QED) is 0.481. The highest BCUT2D eigenvalue weighted by Gasteiger charge is 2.34. The van der Waals surface area contributed by atoms with Crippen LogP contribution in [-0.2, 0) is 11.3 Å². The lowest BCUT2D eigenvalue weighted by molar-refractivity contribution is -0.127. The Labute approximate surface area is 191 Å². The van der Waals surface area contributed by atoms with Crippen LogP contribution in [0.4, 0.5) is 0 Å². The summed E-state index contributed by atoms with van der Waals surface area (Å²) in [6.45, 7) is 2.44. The van der Waals surface area contributed by atoms with Gasteiger partial charge in [0.1, 0.15) is 6.04 Å². The van der Waals surface area contributed by atoms with E-state index < -0.39 is 6.04 Å². The molecule has 4 rings (SSSR count). The molecule has 3 aromatic rings. The van der Waals surface area contributed by atoms with Crippen molar-refractivity contribution in [3.8, 4) is 0 Å². The van der Waals surface area contributed by atoms with E-state index in [1.807, 2.05) is 66.2 Å². The number of hydrogen-bond donors (Lipinski definition) is 1. The maximum atomic E-state index is 13.6. The highest BCUT2D eigenvalue weighted by atomic mass is 32.1. The smallest absolute Gasteiger partial charge is 0.265 e. The van der Waals surface area contributed by atoms with Crippen molar-refractivity contribution in [2.24, 2.45) is 0 Å². The van der Waals surface area contributed by atoms with Crippen LogP contribution in [0.25, 0.3) is 0 Å². The summed E-state index contributed by atoms with van der Waals surface area (Å²) in [6, 6.07) is 15.2. The van der Waals surface area contributed by atoms with Gasteiger partial charge in [-0.25, -0.2) is 0 Å². The van der Waals surface area contributed by atoms with Crippen molar-refractivity contribution in [3.63, 3.8) is 0 Å². The zero-order chi connectivity index (χ0) is 21.6. The lowest BCUT2D eigenvalue weighted by Gasteiger charge is -2.33. The molecule has 1 aliphatic carbocycles. The second-order valence-corrected chi connectivity index (χ2v) is 10.1. The standard InChI is InChI=1S/C25H28N2O2S2/c1-18-11-13-19(14-12-18)23(24(28)26-20-7-3-2-4-8-20)27(17-21-9-5-15-30-21)25(29)22-10-6-16-31-22/h5-6,9-16,20,23H,2-4,7-8,17H2,1H3,(H,26,28)/t23-/m1/s1. The topological polar surface area (TPSA) is 49.4 Å². The first kappa shape index (κ1) is 21.8. The zero-order valence-corrected chi connectivity index (χ0v) is 19.4. The van der Waals surface area contributed by atoms with E-state index >= 15 is 0 Å². The minimum absolute atomic E-state index is 0.0859. The fourth-order valence-corrected chi connectivity index (χ4v) is 5.52. The van der Waals surface area contributed by atoms with Gasteiger partial charge in [-0.05, 0) is 48.2 Å². The molecule has 6 heteroatoms. The predicted molar refractivity (Wildman–Crippen MR) is 127 cm³/mol. The third kappa shape index (κ3) is 5.43. The molecule has 0 aliphatic heterocycles. The van der Waals surface area contributed by atoms with Crippen LogP contribution in [0.15, 0.2) is 59.3 Å². The lowest BCUT2D eigenvalue weighted by atomic mass is 9.94. The van der Waals surface area contributed by atoms with Crippen LogP contribution in [0, 0.1) is 6.92 Å². The number of hydrogen-bond acceptors (Lipinski definition) is 4. The molecule has 0 bridgehead atoms. The summed E-state index contributed by atoms with van der Waals surface area (Å²) in [6.07, 6.45) is 5.54. The van der Waals surface area contributed by atoms with Crippen molar-refractivity contribution >= 4 is 34.5 Å². The van der Waals surface area contributed by atoms with Crippen molar-refractivity contribution in [3.05, 3.63) is 80.2 Å². The van der Waals surface area contributed by atoms with E-state index in [0.717, 1.165) is 41.7 Å². The number of rotatable bonds is 7. The molecule has 162 valence electrons. The number of nitrogens with zero attached hydrogens (tertiary/aromatic N) is 1. The fourth-order valence-electron chi connectivity index (χ4n) is 4.14. The molecule has 2 amide bonds. The van der Waals surface area contributed by atoms with Gasteiger partial charge in [0, 0.05) is 10.9 Å². The Hall–Kier alpha value is -2.44. The summed E-state index contributed by atoms with van der Waals surface area (Å²) < 4.78 is 0. The largest absolute Gasteiger partial charge is 0.351 e. The molecule has 1 fully saturated rings. The number of nitrogens with one attached hydrogen (secondary N) is 1. The summed E-state index contributed by atoms with van der Waals surface area (Å²) in [4.78, 5) is 30.7. The van der Waals surface area contributed by atoms with Gasteiger partial charge in [-0.2, -0.15) is 0 Å². The third-order valence-electron chi connectivity index (χ3n) is 5.80. The van der Waals surface area contributed by atoms with Gasteiger partial charge >= 0.3 is 0 Å². The summed E-state index contributed by atoms with van der Waals surface area (Å²) >= 11 is 3.02. The maximum absolute atomic E-state index is 13.6. The Bertz CT molecular complexity index is 975. The molecule has 0 radical (unpaired) electrons. The number of thiophene rings is 2. The molecular formula is C25H28N2O2S2. The predicted octanol–water partition coefficient (Wildman–Crippen LogP) is 5.95. The van der Waals surface area contributed by atoms with E-state index in [1.54, 1.807) is 16.2 Å². The van der Waals surface area contributed by atoms with Gasteiger partial charge < -0.3 is 10.2 Å². The number of carbonyl (C=O) groups is 2. The highest BCUT2D eigenvalue weighted by molar-refractivity contribution is 7.12. The Kier molecular flexibility index (Phi) is 7.20. The first-order chi connectivity index (χ1) is 15.1. The summed E-state index contributed by atoms with van der Waals surface area (Å²) in [5.74, 6) is -0.190. The average Bonchev–Trinajstić information content (AvgIpc) is 3.49. The van der Waals surface area contributed by atoms with Gasteiger partial charge in [0.25, 0.3) is 5.91 Å². The van der Waals surface area contributed by atoms with E-state index in [4.69, 9.17) is 0 Å². The maximum Gasteiger partial charge on any atom is 0.265 e. The van der Waals surface area contributed by atoms with Gasteiger partial charge in [0.15, 0.2) is 0 Å². The molecule has 1 saturated carbocycles. The van der Waals surface area contributed by atoms with Crippen molar-refractivity contribution < 1.29 is 9.59 Å². The summed E-state index contributed by atoms with van der Waals surface area (Å²) in [5, 5.41) is 7.17. The van der Waals surface area contributed by atoms with E-state index in [1.165, 1.54) is 17.8 Å². The first-order valence-electron chi connectivity index (χ1n) is 10.9. The Morgan fingerprint density at radius 2 is 1.71 bits per heavy atom. The molecule has 0 spiro atoms. The van der Waals surface area contributed by atoms with Gasteiger partial charge in [0.05, 0.1) is 11.4 Å². The molecule has 1 N–H and O–H groups in total. The van der Waals surface area contributed by atoms with Crippen molar-refractivity contribution in [1.82, 2.24) is 10.2 Å². The molecule has 1 aliphatic rings. The molecule has 2 heterocycles. The van der Waals surface area contributed by atoms with Gasteiger partial charge in [0.2, 0.25) is 5.91 Å². The van der Waals surface area contributed by atoms with Crippen LogP contribution in [0.3, 0.4) is 0 Å². The second-order valence-electron chi connectivity index (χ2n) is 8.15. The van der Waals surface area contributed by atoms with Gasteiger partial charge in [-0.15, -0.1) is 22.7 Å². The third-order valence-corrected chi connectivity index (χ3v) is 7.52. The normalized spacial score (nSPS) is 15.4. The number of carbonyl (C=O) groups excluding carboxylic acids is 2. The first-order valence-corrected chi connectivity index (χ1v) is 12.6. The average molecular weight is 453 g/mol. The van der Waals surface area contributed by atoms with E-state index in [2.05, 4.69) is 5.32 Å². The van der Waals surface area contributed by atoms with Crippen molar-refractivity contribution in [2.45, 2.75) is 57.7 Å². The van der Waals surface area contributed by atoms with E-state index in [-0.39, 0.29) is 17.9 Å². The number of aryl methyl sites for hydroxylation is 1. The van der Waals surface area contributed by atoms with Gasteiger partial charge in [-0.1, -0.05) is 61.2 Å².